The van der Waals surface area contributed by atoms with Crippen LogP contribution >= 0.6 is 0 Å². The van der Waals surface area contributed by atoms with Gasteiger partial charge in [0.05, 0.1) is 46.7 Å². The summed E-state index contributed by atoms with van der Waals surface area (Å²) in [6, 6.07) is 7.14. The number of esters is 3. The standard InChI is InChI=1S/C22H22O9/c1-26-17-8-13(9-18(27-2)20(17)28-3)6-7-19(23)31-16-11-14(21(24)29-4)10-15(12-16)22(25)30-5/h6-12H,1-5H3/b7-6+. The van der Waals surface area contributed by atoms with E-state index >= 15 is 0 Å². The van der Waals surface area contributed by atoms with Crippen molar-refractivity contribution in [3.05, 3.63) is 53.1 Å². The number of carbonyl (C=O) groups excluding carboxylic acids is 3. The molecule has 164 valence electrons. The van der Waals surface area contributed by atoms with Crippen molar-refractivity contribution in [1.82, 2.24) is 0 Å². The first-order chi connectivity index (χ1) is 14.9. The summed E-state index contributed by atoms with van der Waals surface area (Å²) in [6.07, 6.45) is 2.65. The van der Waals surface area contributed by atoms with Gasteiger partial charge < -0.3 is 28.4 Å². The zero-order valence-corrected chi connectivity index (χ0v) is 17.7. The first kappa shape index (κ1) is 23.3. The summed E-state index contributed by atoms with van der Waals surface area (Å²) >= 11 is 0. The maximum absolute atomic E-state index is 12.3. The number of rotatable bonds is 8. The van der Waals surface area contributed by atoms with Crippen LogP contribution in [0.5, 0.6) is 23.0 Å². The minimum Gasteiger partial charge on any atom is -0.493 e. The van der Waals surface area contributed by atoms with Crippen LogP contribution in [0.2, 0.25) is 0 Å². The Labute approximate surface area is 179 Å². The number of carbonyl (C=O) groups is 3. The molecule has 0 saturated heterocycles. The maximum Gasteiger partial charge on any atom is 0.338 e. The molecule has 2 aromatic carbocycles. The first-order valence-corrected chi connectivity index (χ1v) is 8.88. The highest BCUT2D eigenvalue weighted by Crippen LogP contribution is 2.38. The SMILES string of the molecule is COC(=O)c1cc(OC(=O)/C=C/c2cc(OC)c(OC)c(OC)c2)cc(C(=O)OC)c1. The van der Waals surface area contributed by atoms with E-state index in [9.17, 15) is 14.4 Å². The highest BCUT2D eigenvalue weighted by Gasteiger charge is 2.16. The fraction of sp³-hybridized carbons (Fsp3) is 0.227. The minimum absolute atomic E-state index is 0.0251. The van der Waals surface area contributed by atoms with E-state index in [4.69, 9.17) is 18.9 Å². The van der Waals surface area contributed by atoms with Crippen LogP contribution in [0.15, 0.2) is 36.4 Å². The molecule has 0 aromatic heterocycles. The third-order valence-corrected chi connectivity index (χ3v) is 4.07. The molecule has 0 radical (unpaired) electrons. The second-order valence-electron chi connectivity index (χ2n) is 5.94. The van der Waals surface area contributed by atoms with Gasteiger partial charge in [-0.25, -0.2) is 14.4 Å². The predicted octanol–water partition coefficient (Wildman–Crippen LogP) is 2.90. The molecule has 0 saturated carbocycles. The lowest BCUT2D eigenvalue weighted by atomic mass is 10.1. The molecule has 0 N–H and O–H groups in total. The molecule has 0 heterocycles. The number of methoxy groups -OCH3 is 5. The normalized spacial score (nSPS) is 10.4. The van der Waals surface area contributed by atoms with Crippen LogP contribution in [0.25, 0.3) is 6.08 Å². The topological polar surface area (TPSA) is 107 Å². The van der Waals surface area contributed by atoms with Crippen LogP contribution in [-0.2, 0) is 14.3 Å². The van der Waals surface area contributed by atoms with E-state index < -0.39 is 17.9 Å². The monoisotopic (exact) mass is 430 g/mol. The summed E-state index contributed by atoms with van der Waals surface area (Å²) in [6.45, 7) is 0. The lowest BCUT2D eigenvalue weighted by Crippen LogP contribution is -2.09. The molecular formula is C22H22O9. The van der Waals surface area contributed by atoms with Gasteiger partial charge in [-0.2, -0.15) is 0 Å². The number of ether oxygens (including phenoxy) is 6. The van der Waals surface area contributed by atoms with Gasteiger partial charge in [-0.15, -0.1) is 0 Å². The van der Waals surface area contributed by atoms with E-state index in [0.717, 1.165) is 0 Å². The van der Waals surface area contributed by atoms with Gasteiger partial charge in [0.1, 0.15) is 5.75 Å². The zero-order valence-electron chi connectivity index (χ0n) is 17.7. The van der Waals surface area contributed by atoms with Gasteiger partial charge in [-0.05, 0) is 42.0 Å². The van der Waals surface area contributed by atoms with Crippen LogP contribution in [0, 0.1) is 0 Å². The van der Waals surface area contributed by atoms with Crippen LogP contribution in [0.4, 0.5) is 0 Å². The van der Waals surface area contributed by atoms with E-state index in [1.165, 1.54) is 65.9 Å². The van der Waals surface area contributed by atoms with Crippen molar-refractivity contribution in [2.75, 3.05) is 35.5 Å². The Morgan fingerprint density at radius 2 is 1.23 bits per heavy atom. The molecule has 0 fully saturated rings. The smallest absolute Gasteiger partial charge is 0.338 e. The van der Waals surface area contributed by atoms with Crippen LogP contribution in [-0.4, -0.2) is 53.5 Å². The van der Waals surface area contributed by atoms with E-state index in [1.807, 2.05) is 0 Å². The first-order valence-electron chi connectivity index (χ1n) is 8.88. The van der Waals surface area contributed by atoms with E-state index in [0.29, 0.717) is 22.8 Å². The number of benzene rings is 2. The van der Waals surface area contributed by atoms with Gasteiger partial charge in [0.15, 0.2) is 11.5 Å². The van der Waals surface area contributed by atoms with Crippen molar-refractivity contribution in [3.8, 4) is 23.0 Å². The minimum atomic E-state index is -0.744. The van der Waals surface area contributed by atoms with Crippen molar-refractivity contribution in [3.63, 3.8) is 0 Å². The molecule has 0 aliphatic rings. The summed E-state index contributed by atoms with van der Waals surface area (Å²) in [5.41, 5.74) is 0.647. The molecule has 0 spiro atoms. The Bertz CT molecular complexity index is 949. The van der Waals surface area contributed by atoms with Crippen molar-refractivity contribution in [2.24, 2.45) is 0 Å². The van der Waals surface area contributed by atoms with Crippen molar-refractivity contribution >= 4 is 24.0 Å². The molecule has 31 heavy (non-hydrogen) atoms. The lowest BCUT2D eigenvalue weighted by molar-refractivity contribution is -0.128. The number of hydrogen-bond donors (Lipinski definition) is 0. The summed E-state index contributed by atoms with van der Waals surface area (Å²) in [5.74, 6) is -0.909. The Morgan fingerprint density at radius 1 is 0.710 bits per heavy atom. The quantitative estimate of drug-likeness (QED) is 0.355. The summed E-state index contributed by atoms with van der Waals surface area (Å²) in [7, 11) is 6.83. The van der Waals surface area contributed by atoms with Crippen LogP contribution < -0.4 is 18.9 Å². The third-order valence-electron chi connectivity index (χ3n) is 4.07. The van der Waals surface area contributed by atoms with E-state index in [-0.39, 0.29) is 16.9 Å². The molecule has 0 unspecified atom stereocenters. The molecule has 0 amide bonds. The van der Waals surface area contributed by atoms with Gasteiger partial charge in [0.2, 0.25) is 5.75 Å². The number of hydrogen-bond acceptors (Lipinski definition) is 9. The highest BCUT2D eigenvalue weighted by atomic mass is 16.5. The maximum atomic E-state index is 12.3. The Kier molecular flexibility index (Phi) is 8.01. The summed E-state index contributed by atoms with van der Waals surface area (Å²) in [4.78, 5) is 36.0. The average molecular weight is 430 g/mol. The Morgan fingerprint density at radius 3 is 1.65 bits per heavy atom. The zero-order chi connectivity index (χ0) is 23.0. The third kappa shape index (κ3) is 5.75. The molecule has 0 bridgehead atoms. The Balaban J connectivity index is 2.28. The van der Waals surface area contributed by atoms with Gasteiger partial charge in [-0.3, -0.25) is 0 Å². The second-order valence-corrected chi connectivity index (χ2v) is 5.94. The molecule has 0 atom stereocenters. The van der Waals surface area contributed by atoms with Gasteiger partial charge >= 0.3 is 17.9 Å². The van der Waals surface area contributed by atoms with E-state index in [2.05, 4.69) is 9.47 Å². The van der Waals surface area contributed by atoms with Crippen molar-refractivity contribution < 1.29 is 42.8 Å². The Hall–Kier alpha value is -4.01. The van der Waals surface area contributed by atoms with Crippen molar-refractivity contribution in [1.29, 1.82) is 0 Å². The lowest BCUT2D eigenvalue weighted by Gasteiger charge is -2.12. The van der Waals surface area contributed by atoms with Gasteiger partial charge in [0, 0.05) is 6.08 Å². The van der Waals surface area contributed by atoms with Crippen molar-refractivity contribution in [2.45, 2.75) is 0 Å². The molecule has 9 heteroatoms. The highest BCUT2D eigenvalue weighted by molar-refractivity contribution is 5.96. The predicted molar refractivity (Wildman–Crippen MR) is 110 cm³/mol. The fourth-order valence-electron chi connectivity index (χ4n) is 2.64. The molecule has 2 aromatic rings. The summed E-state index contributed by atoms with van der Waals surface area (Å²) < 4.78 is 30.3. The second kappa shape index (κ2) is 10.7. The van der Waals surface area contributed by atoms with Gasteiger partial charge in [-0.1, -0.05) is 0 Å². The van der Waals surface area contributed by atoms with Gasteiger partial charge in [0.25, 0.3) is 0 Å². The molecule has 0 aliphatic heterocycles. The molecule has 2 rings (SSSR count). The largest absolute Gasteiger partial charge is 0.493 e. The van der Waals surface area contributed by atoms with Crippen LogP contribution in [0.1, 0.15) is 26.3 Å². The fourth-order valence-corrected chi connectivity index (χ4v) is 2.64. The van der Waals surface area contributed by atoms with E-state index in [1.54, 1.807) is 12.1 Å². The van der Waals surface area contributed by atoms with Crippen LogP contribution in [0.3, 0.4) is 0 Å². The molecular weight excluding hydrogens is 408 g/mol. The summed E-state index contributed by atoms with van der Waals surface area (Å²) in [5, 5.41) is 0. The average Bonchev–Trinajstić information content (AvgIpc) is 2.80. The molecule has 0 aliphatic carbocycles. The molecule has 9 nitrogen and oxygen atoms in total.